The lowest BCUT2D eigenvalue weighted by Gasteiger charge is -2.21. The predicted molar refractivity (Wildman–Crippen MR) is 86.9 cm³/mol. The molecule has 4 nitrogen and oxygen atoms in total. The molecular formula is C17H21N3O. The molecule has 2 rings (SSSR count). The minimum atomic E-state index is -0.0776. The third-order valence-electron chi connectivity index (χ3n) is 3.24. The minimum Gasteiger partial charge on any atom is -0.384 e. The Morgan fingerprint density at radius 2 is 2.05 bits per heavy atom. The fourth-order valence-electron chi connectivity index (χ4n) is 2.21. The van der Waals surface area contributed by atoms with Gasteiger partial charge in [-0.25, -0.2) is 4.98 Å². The summed E-state index contributed by atoms with van der Waals surface area (Å²) in [7, 11) is 0. The third-order valence-corrected chi connectivity index (χ3v) is 3.24. The molecule has 1 aromatic carbocycles. The molecule has 0 bridgehead atoms. The molecule has 1 aromatic heterocycles. The fraction of sp³-hybridized carbons (Fsp3) is 0.294. The number of benzene rings is 1. The zero-order chi connectivity index (χ0) is 15.2. The van der Waals surface area contributed by atoms with Crippen molar-refractivity contribution in [1.29, 1.82) is 0 Å². The van der Waals surface area contributed by atoms with Gasteiger partial charge in [-0.05, 0) is 50.6 Å². The van der Waals surface area contributed by atoms with Crippen LogP contribution in [0.4, 0.5) is 11.4 Å². The zero-order valence-electron chi connectivity index (χ0n) is 12.8. The molecule has 0 spiro atoms. The molecule has 0 saturated heterocycles. The summed E-state index contributed by atoms with van der Waals surface area (Å²) in [6, 6.07) is 11.6. The number of nitrogens with zero attached hydrogens (tertiary/aromatic N) is 2. The highest BCUT2D eigenvalue weighted by molar-refractivity contribution is 6.04. The van der Waals surface area contributed by atoms with E-state index in [0.29, 0.717) is 12.2 Å². The van der Waals surface area contributed by atoms with Gasteiger partial charge >= 0.3 is 0 Å². The Kier molecular flexibility index (Phi) is 4.93. The number of aromatic nitrogens is 1. The molecule has 1 amide bonds. The summed E-state index contributed by atoms with van der Waals surface area (Å²) in [5, 5.41) is 3.17. The number of carbonyl (C=O) groups is 1. The van der Waals surface area contributed by atoms with Crippen LogP contribution in [0.2, 0.25) is 0 Å². The maximum atomic E-state index is 12.6. The Labute approximate surface area is 125 Å². The number of hydrogen-bond donors (Lipinski definition) is 1. The normalized spacial score (nSPS) is 10.2. The van der Waals surface area contributed by atoms with E-state index < -0.39 is 0 Å². The van der Waals surface area contributed by atoms with Crippen molar-refractivity contribution in [2.45, 2.75) is 20.8 Å². The number of amides is 1. The number of pyridine rings is 1. The zero-order valence-corrected chi connectivity index (χ0v) is 12.8. The molecule has 0 radical (unpaired) electrons. The van der Waals surface area contributed by atoms with Crippen LogP contribution in [-0.4, -0.2) is 24.0 Å². The fourth-order valence-corrected chi connectivity index (χ4v) is 2.21. The van der Waals surface area contributed by atoms with Crippen LogP contribution < -0.4 is 10.2 Å². The van der Waals surface area contributed by atoms with Crippen molar-refractivity contribution in [2.24, 2.45) is 0 Å². The van der Waals surface area contributed by atoms with E-state index in [1.165, 1.54) is 0 Å². The lowest BCUT2D eigenvalue weighted by Crippen LogP contribution is -2.31. The second-order valence-electron chi connectivity index (χ2n) is 4.85. The van der Waals surface area contributed by atoms with Crippen LogP contribution in [0.25, 0.3) is 0 Å². The lowest BCUT2D eigenvalue weighted by molar-refractivity contribution is 0.0983. The van der Waals surface area contributed by atoms with Gasteiger partial charge in [0, 0.05) is 18.8 Å². The summed E-state index contributed by atoms with van der Waals surface area (Å²) in [6.07, 6.45) is 1.70. The molecule has 0 atom stereocenters. The second-order valence-corrected chi connectivity index (χ2v) is 4.85. The van der Waals surface area contributed by atoms with Gasteiger partial charge < -0.3 is 10.2 Å². The molecule has 1 N–H and O–H groups in total. The smallest absolute Gasteiger partial charge is 0.276 e. The standard InChI is InChI=1S/C17H21N3O/c1-4-18-14-9-10-16(19-12-14)17(21)20(5-2)15-8-6-7-13(3)11-15/h6-12,18H,4-5H2,1-3H3. The van der Waals surface area contributed by atoms with Gasteiger partial charge in [-0.3, -0.25) is 4.79 Å². The second kappa shape index (κ2) is 6.88. The summed E-state index contributed by atoms with van der Waals surface area (Å²) in [6.45, 7) is 7.45. The summed E-state index contributed by atoms with van der Waals surface area (Å²) < 4.78 is 0. The number of nitrogens with one attached hydrogen (secondary N) is 1. The maximum absolute atomic E-state index is 12.6. The van der Waals surface area contributed by atoms with E-state index in [2.05, 4.69) is 10.3 Å². The number of hydrogen-bond acceptors (Lipinski definition) is 3. The Balaban J connectivity index is 2.23. The number of carbonyl (C=O) groups excluding carboxylic acids is 1. The first kappa shape index (κ1) is 15.0. The molecule has 21 heavy (non-hydrogen) atoms. The Morgan fingerprint density at radius 3 is 2.62 bits per heavy atom. The first-order valence-corrected chi connectivity index (χ1v) is 7.24. The van der Waals surface area contributed by atoms with E-state index in [0.717, 1.165) is 23.5 Å². The van der Waals surface area contributed by atoms with Crippen LogP contribution in [0.5, 0.6) is 0 Å². The van der Waals surface area contributed by atoms with Crippen LogP contribution in [-0.2, 0) is 0 Å². The van der Waals surface area contributed by atoms with E-state index in [-0.39, 0.29) is 5.91 Å². The minimum absolute atomic E-state index is 0.0776. The first-order valence-electron chi connectivity index (χ1n) is 7.24. The highest BCUT2D eigenvalue weighted by Crippen LogP contribution is 2.18. The topological polar surface area (TPSA) is 45.2 Å². The van der Waals surface area contributed by atoms with Gasteiger partial charge in [-0.1, -0.05) is 12.1 Å². The third kappa shape index (κ3) is 3.60. The summed E-state index contributed by atoms with van der Waals surface area (Å²) in [5.74, 6) is -0.0776. The maximum Gasteiger partial charge on any atom is 0.276 e. The largest absolute Gasteiger partial charge is 0.384 e. The van der Waals surface area contributed by atoms with Crippen molar-refractivity contribution in [3.63, 3.8) is 0 Å². The van der Waals surface area contributed by atoms with E-state index in [9.17, 15) is 4.79 Å². The Bertz CT molecular complexity index is 608. The monoisotopic (exact) mass is 283 g/mol. The Morgan fingerprint density at radius 1 is 1.24 bits per heavy atom. The molecule has 110 valence electrons. The van der Waals surface area contributed by atoms with Crippen LogP contribution in [0, 0.1) is 6.92 Å². The van der Waals surface area contributed by atoms with Crippen molar-refractivity contribution in [3.8, 4) is 0 Å². The number of anilines is 2. The quantitative estimate of drug-likeness (QED) is 0.913. The van der Waals surface area contributed by atoms with Crippen LogP contribution >= 0.6 is 0 Å². The van der Waals surface area contributed by atoms with E-state index in [1.807, 2.05) is 51.1 Å². The summed E-state index contributed by atoms with van der Waals surface area (Å²) in [4.78, 5) is 18.6. The van der Waals surface area contributed by atoms with Crippen molar-refractivity contribution in [3.05, 3.63) is 53.9 Å². The summed E-state index contributed by atoms with van der Waals surface area (Å²) >= 11 is 0. The van der Waals surface area contributed by atoms with Gasteiger partial charge in [0.25, 0.3) is 5.91 Å². The molecule has 0 saturated carbocycles. The van der Waals surface area contributed by atoms with Crippen molar-refractivity contribution in [1.82, 2.24) is 4.98 Å². The molecule has 0 aliphatic heterocycles. The van der Waals surface area contributed by atoms with Gasteiger partial charge in [0.15, 0.2) is 0 Å². The van der Waals surface area contributed by atoms with Crippen LogP contribution in [0.3, 0.4) is 0 Å². The van der Waals surface area contributed by atoms with Crippen LogP contribution in [0.1, 0.15) is 29.9 Å². The van der Waals surface area contributed by atoms with Gasteiger partial charge in [0.2, 0.25) is 0 Å². The van der Waals surface area contributed by atoms with Crippen molar-refractivity contribution in [2.75, 3.05) is 23.3 Å². The summed E-state index contributed by atoms with van der Waals surface area (Å²) in [5.41, 5.74) is 3.42. The van der Waals surface area contributed by atoms with Crippen molar-refractivity contribution >= 4 is 17.3 Å². The van der Waals surface area contributed by atoms with E-state index >= 15 is 0 Å². The molecule has 0 fully saturated rings. The molecule has 4 heteroatoms. The molecule has 0 aliphatic carbocycles. The van der Waals surface area contributed by atoms with Crippen LogP contribution in [0.15, 0.2) is 42.6 Å². The van der Waals surface area contributed by atoms with Gasteiger partial charge in [0.05, 0.1) is 11.9 Å². The van der Waals surface area contributed by atoms with E-state index in [1.54, 1.807) is 17.2 Å². The molecule has 2 aromatic rings. The average molecular weight is 283 g/mol. The highest BCUT2D eigenvalue weighted by Gasteiger charge is 2.17. The molecule has 0 aliphatic rings. The van der Waals surface area contributed by atoms with Gasteiger partial charge in [-0.2, -0.15) is 0 Å². The Hall–Kier alpha value is -2.36. The number of aryl methyl sites for hydroxylation is 1. The molecule has 0 unspecified atom stereocenters. The SMILES string of the molecule is CCNc1ccc(C(=O)N(CC)c2cccc(C)c2)nc1. The van der Waals surface area contributed by atoms with Gasteiger partial charge in [0.1, 0.15) is 5.69 Å². The lowest BCUT2D eigenvalue weighted by atomic mass is 10.2. The average Bonchev–Trinajstić information content (AvgIpc) is 2.49. The molecule has 1 heterocycles. The van der Waals surface area contributed by atoms with E-state index in [4.69, 9.17) is 0 Å². The molecular weight excluding hydrogens is 262 g/mol. The first-order chi connectivity index (χ1) is 10.2. The van der Waals surface area contributed by atoms with Crippen molar-refractivity contribution < 1.29 is 4.79 Å². The number of rotatable bonds is 5. The highest BCUT2D eigenvalue weighted by atomic mass is 16.2. The van der Waals surface area contributed by atoms with Gasteiger partial charge in [-0.15, -0.1) is 0 Å². The predicted octanol–water partition coefficient (Wildman–Crippen LogP) is 3.49.